The van der Waals surface area contributed by atoms with E-state index >= 15 is 0 Å². The van der Waals surface area contributed by atoms with Crippen molar-refractivity contribution in [3.8, 4) is 0 Å². The average Bonchev–Trinajstić information content (AvgIpc) is 2.35. The van der Waals surface area contributed by atoms with Crippen molar-refractivity contribution in [3.63, 3.8) is 0 Å². The summed E-state index contributed by atoms with van der Waals surface area (Å²) in [5.74, 6) is 1.20. The highest BCUT2D eigenvalue weighted by Crippen LogP contribution is 2.37. The highest BCUT2D eigenvalue weighted by Gasteiger charge is 2.25. The van der Waals surface area contributed by atoms with Crippen LogP contribution in [-0.2, 0) is 5.75 Å². The zero-order chi connectivity index (χ0) is 11.0. The molecule has 0 aliphatic carbocycles. The molecule has 0 radical (unpaired) electrons. The smallest absolute Gasteiger partial charge is 0.146 e. The summed E-state index contributed by atoms with van der Waals surface area (Å²) >= 11 is 7.35. The monoisotopic (exact) mass is 246 g/mol. The molecule has 4 heteroatoms. The minimum absolute atomic E-state index is 0.135. The molecule has 2 unspecified atom stereocenters. The summed E-state index contributed by atoms with van der Waals surface area (Å²) in [5.41, 5.74) is 1.25. The zero-order valence-electron chi connectivity index (χ0n) is 8.34. The Kier molecular flexibility index (Phi) is 3.24. The van der Waals surface area contributed by atoms with Gasteiger partial charge in [-0.15, -0.1) is 0 Å². The highest BCUT2D eigenvalue weighted by atomic mass is 35.5. The molecule has 1 nitrogen and oxygen atoms in total. The molecule has 82 valence electrons. The van der Waals surface area contributed by atoms with Crippen LogP contribution in [0.2, 0.25) is 5.02 Å². The zero-order valence-corrected chi connectivity index (χ0v) is 9.91. The second-order valence-corrected chi connectivity index (χ2v) is 5.30. The Hall–Kier alpha value is -0.250. The van der Waals surface area contributed by atoms with Crippen LogP contribution in [0.3, 0.4) is 0 Å². The van der Waals surface area contributed by atoms with E-state index < -0.39 is 6.10 Å². The third-order valence-electron chi connectivity index (χ3n) is 2.72. The van der Waals surface area contributed by atoms with Gasteiger partial charge in [-0.1, -0.05) is 24.6 Å². The van der Waals surface area contributed by atoms with E-state index in [1.807, 2.05) is 6.92 Å². The Morgan fingerprint density at radius 2 is 2.27 bits per heavy atom. The van der Waals surface area contributed by atoms with E-state index in [9.17, 15) is 9.50 Å². The third kappa shape index (κ3) is 2.01. The number of hydrogen-bond donors (Lipinski definition) is 1. The molecule has 0 saturated heterocycles. The molecule has 1 N–H and O–H groups in total. The number of aliphatic hydroxyl groups is 1. The van der Waals surface area contributed by atoms with Gasteiger partial charge in [0.1, 0.15) is 5.82 Å². The lowest BCUT2D eigenvalue weighted by Gasteiger charge is -2.17. The topological polar surface area (TPSA) is 20.2 Å². The fourth-order valence-electron chi connectivity index (χ4n) is 1.78. The quantitative estimate of drug-likeness (QED) is 0.757. The SMILES string of the molecule is CC1CSCc2c(ccc(Cl)c2F)C1O. The molecule has 2 rings (SSSR count). The molecule has 0 amide bonds. The van der Waals surface area contributed by atoms with Gasteiger partial charge in [0, 0.05) is 11.3 Å². The second kappa shape index (κ2) is 4.32. The molecular weight excluding hydrogens is 235 g/mol. The van der Waals surface area contributed by atoms with Crippen molar-refractivity contribution in [2.75, 3.05) is 5.75 Å². The summed E-state index contributed by atoms with van der Waals surface area (Å²) in [6.07, 6.45) is -0.582. The molecule has 0 spiro atoms. The van der Waals surface area contributed by atoms with Crippen LogP contribution < -0.4 is 0 Å². The van der Waals surface area contributed by atoms with Gasteiger partial charge in [-0.05, 0) is 23.3 Å². The Balaban J connectivity index is 2.53. The van der Waals surface area contributed by atoms with E-state index in [2.05, 4.69) is 0 Å². The number of thioether (sulfide) groups is 1. The first kappa shape index (κ1) is 11.2. The maximum Gasteiger partial charge on any atom is 0.146 e. The summed E-state index contributed by atoms with van der Waals surface area (Å²) in [4.78, 5) is 0. The Morgan fingerprint density at radius 3 is 3.00 bits per heavy atom. The van der Waals surface area contributed by atoms with E-state index in [0.29, 0.717) is 16.9 Å². The maximum atomic E-state index is 13.7. The Bertz CT molecular complexity index is 383. The lowest BCUT2D eigenvalue weighted by molar-refractivity contribution is 0.129. The molecule has 0 bridgehead atoms. The first-order valence-electron chi connectivity index (χ1n) is 4.84. The van der Waals surface area contributed by atoms with Gasteiger partial charge in [-0.25, -0.2) is 4.39 Å². The van der Waals surface area contributed by atoms with Gasteiger partial charge < -0.3 is 5.11 Å². The van der Waals surface area contributed by atoms with Gasteiger partial charge in [0.25, 0.3) is 0 Å². The normalized spacial score (nSPS) is 25.9. The van der Waals surface area contributed by atoms with Gasteiger partial charge in [0.05, 0.1) is 11.1 Å². The van der Waals surface area contributed by atoms with Crippen molar-refractivity contribution in [3.05, 3.63) is 34.1 Å². The van der Waals surface area contributed by atoms with E-state index in [0.717, 1.165) is 5.75 Å². The van der Waals surface area contributed by atoms with Gasteiger partial charge >= 0.3 is 0 Å². The van der Waals surface area contributed by atoms with Crippen molar-refractivity contribution in [2.45, 2.75) is 18.8 Å². The molecule has 0 aromatic heterocycles. The minimum Gasteiger partial charge on any atom is -0.388 e. The van der Waals surface area contributed by atoms with Crippen LogP contribution in [-0.4, -0.2) is 10.9 Å². The predicted molar refractivity (Wildman–Crippen MR) is 61.7 cm³/mol. The Morgan fingerprint density at radius 1 is 1.53 bits per heavy atom. The molecule has 1 heterocycles. The van der Waals surface area contributed by atoms with E-state index in [1.165, 1.54) is 6.07 Å². The van der Waals surface area contributed by atoms with Gasteiger partial charge in [-0.3, -0.25) is 0 Å². The molecule has 15 heavy (non-hydrogen) atoms. The molecule has 1 aromatic rings. The first-order chi connectivity index (χ1) is 7.11. The maximum absolute atomic E-state index is 13.7. The van der Waals surface area contributed by atoms with Crippen molar-refractivity contribution in [1.82, 2.24) is 0 Å². The molecule has 0 saturated carbocycles. The molecule has 0 fully saturated rings. The summed E-state index contributed by atoms with van der Waals surface area (Å²) in [5, 5.41) is 10.1. The number of rotatable bonds is 0. The van der Waals surface area contributed by atoms with Crippen LogP contribution >= 0.6 is 23.4 Å². The number of hydrogen-bond acceptors (Lipinski definition) is 2. The van der Waals surface area contributed by atoms with Crippen LogP contribution in [0.4, 0.5) is 4.39 Å². The number of aliphatic hydroxyl groups excluding tert-OH is 1. The molecular formula is C11H12ClFOS. The summed E-state index contributed by atoms with van der Waals surface area (Å²) < 4.78 is 13.7. The summed E-state index contributed by atoms with van der Waals surface area (Å²) in [7, 11) is 0. The van der Waals surface area contributed by atoms with Gasteiger partial charge in [0.15, 0.2) is 0 Å². The second-order valence-electron chi connectivity index (χ2n) is 3.87. The molecule has 1 aromatic carbocycles. The van der Waals surface area contributed by atoms with Gasteiger partial charge in [0.2, 0.25) is 0 Å². The fourth-order valence-corrected chi connectivity index (χ4v) is 3.12. The van der Waals surface area contributed by atoms with Crippen molar-refractivity contribution < 1.29 is 9.50 Å². The van der Waals surface area contributed by atoms with E-state index in [4.69, 9.17) is 11.6 Å². The first-order valence-corrected chi connectivity index (χ1v) is 6.37. The molecule has 2 atom stereocenters. The van der Waals surface area contributed by atoms with E-state index in [-0.39, 0.29) is 16.8 Å². The van der Waals surface area contributed by atoms with Crippen LogP contribution in [0.5, 0.6) is 0 Å². The largest absolute Gasteiger partial charge is 0.388 e. The lowest BCUT2D eigenvalue weighted by Crippen LogP contribution is -2.11. The van der Waals surface area contributed by atoms with Crippen molar-refractivity contribution in [1.29, 1.82) is 0 Å². The number of halogens is 2. The van der Waals surface area contributed by atoms with Crippen molar-refractivity contribution >= 4 is 23.4 Å². The summed E-state index contributed by atoms with van der Waals surface area (Å²) in [6.45, 7) is 1.97. The van der Waals surface area contributed by atoms with Crippen molar-refractivity contribution in [2.24, 2.45) is 5.92 Å². The highest BCUT2D eigenvalue weighted by molar-refractivity contribution is 7.98. The third-order valence-corrected chi connectivity index (χ3v) is 4.26. The van der Waals surface area contributed by atoms with Crippen LogP contribution in [0.1, 0.15) is 24.2 Å². The Labute approximate surface area is 97.6 Å². The van der Waals surface area contributed by atoms with Crippen LogP contribution in [0.15, 0.2) is 12.1 Å². The average molecular weight is 247 g/mol. The standard InChI is InChI=1S/C11H12ClFOS/c1-6-4-15-5-8-7(11(6)14)2-3-9(12)10(8)13/h2-3,6,11,14H,4-5H2,1H3. The van der Waals surface area contributed by atoms with Gasteiger partial charge in [-0.2, -0.15) is 11.8 Å². The molecule has 1 aliphatic heterocycles. The predicted octanol–water partition coefficient (Wildman–Crippen LogP) is 3.40. The minimum atomic E-state index is -0.582. The number of fused-ring (bicyclic) bond motifs is 1. The molecule has 1 aliphatic rings. The van der Waals surface area contributed by atoms with Crippen LogP contribution in [0.25, 0.3) is 0 Å². The number of benzene rings is 1. The van der Waals surface area contributed by atoms with E-state index in [1.54, 1.807) is 17.8 Å². The lowest BCUT2D eigenvalue weighted by atomic mass is 9.95. The summed E-state index contributed by atoms with van der Waals surface area (Å²) in [6, 6.07) is 3.25. The fraction of sp³-hybridized carbons (Fsp3) is 0.455. The van der Waals surface area contributed by atoms with Crippen LogP contribution in [0, 0.1) is 11.7 Å².